The fraction of sp³-hybridized carbons (Fsp3) is 1.00. The Balaban J connectivity index is 3.17. The Morgan fingerprint density at radius 1 is 0.818 bits per heavy atom. The van der Waals surface area contributed by atoms with E-state index in [0.717, 1.165) is 13.1 Å². The normalized spacial score (nSPS) is 13.5. The highest BCUT2D eigenvalue weighted by atomic mass is 16.7. The molecule has 5 N–H and O–H groups in total. The summed E-state index contributed by atoms with van der Waals surface area (Å²) in [5.41, 5.74) is 0. The number of nitrogens with one attached hydrogen (secondary N) is 2. The minimum atomic E-state index is -2.62. The van der Waals surface area contributed by atoms with Crippen molar-refractivity contribution in [2.45, 2.75) is 90.1 Å². The molecule has 0 spiro atoms. The van der Waals surface area contributed by atoms with Crippen molar-refractivity contribution in [2.75, 3.05) is 19.6 Å². The van der Waals surface area contributed by atoms with Gasteiger partial charge in [-0.3, -0.25) is 0 Å². The standard InChI is InChI=1S/C17H38N2O3/c1-3-4-5-6-7-8-9-10-11-12-13-18-14-16(2)19-15-17(20,21)22/h16,18-22H,3-15H2,1-2H3. The van der Waals surface area contributed by atoms with Crippen LogP contribution >= 0.6 is 0 Å². The number of rotatable bonds is 16. The van der Waals surface area contributed by atoms with Crippen molar-refractivity contribution < 1.29 is 15.3 Å². The first-order valence-corrected chi connectivity index (χ1v) is 9.07. The van der Waals surface area contributed by atoms with Gasteiger partial charge in [0.1, 0.15) is 0 Å². The summed E-state index contributed by atoms with van der Waals surface area (Å²) in [5, 5.41) is 32.5. The van der Waals surface area contributed by atoms with Crippen LogP contribution in [0.15, 0.2) is 0 Å². The van der Waals surface area contributed by atoms with Crippen LogP contribution in [-0.2, 0) is 0 Å². The Bertz CT molecular complexity index is 232. The van der Waals surface area contributed by atoms with Crippen LogP contribution in [0.2, 0.25) is 0 Å². The van der Waals surface area contributed by atoms with Crippen LogP contribution in [0.3, 0.4) is 0 Å². The van der Waals surface area contributed by atoms with Gasteiger partial charge in [-0.2, -0.15) is 0 Å². The van der Waals surface area contributed by atoms with Crippen molar-refractivity contribution in [1.29, 1.82) is 0 Å². The van der Waals surface area contributed by atoms with Crippen LogP contribution < -0.4 is 10.6 Å². The smallest absolute Gasteiger partial charge is 0.288 e. The van der Waals surface area contributed by atoms with Crippen LogP contribution in [0.4, 0.5) is 0 Å². The van der Waals surface area contributed by atoms with Crippen molar-refractivity contribution in [3.05, 3.63) is 0 Å². The monoisotopic (exact) mass is 318 g/mol. The lowest BCUT2D eigenvalue weighted by Gasteiger charge is -2.19. The molecule has 5 heteroatoms. The molecule has 0 fully saturated rings. The second-order valence-electron chi connectivity index (χ2n) is 6.44. The predicted octanol–water partition coefficient (Wildman–Crippen LogP) is 2.11. The molecule has 0 amide bonds. The Morgan fingerprint density at radius 2 is 1.32 bits per heavy atom. The molecule has 0 saturated heterocycles. The minimum absolute atomic E-state index is 0.0916. The van der Waals surface area contributed by atoms with Crippen LogP contribution in [0.1, 0.15) is 78.1 Å². The summed E-state index contributed by atoms with van der Waals surface area (Å²) < 4.78 is 0. The molecule has 0 aliphatic carbocycles. The SMILES string of the molecule is CCCCCCCCCCCCNCC(C)NCC(O)(O)O. The second kappa shape index (κ2) is 14.4. The fourth-order valence-corrected chi connectivity index (χ4v) is 2.44. The molecular weight excluding hydrogens is 280 g/mol. The third kappa shape index (κ3) is 17.9. The van der Waals surface area contributed by atoms with Gasteiger partial charge in [0.05, 0.1) is 6.54 Å². The predicted molar refractivity (Wildman–Crippen MR) is 91.6 cm³/mol. The highest BCUT2D eigenvalue weighted by Crippen LogP contribution is 2.10. The summed E-state index contributed by atoms with van der Waals surface area (Å²) in [4.78, 5) is 0. The van der Waals surface area contributed by atoms with Gasteiger partial charge in [0.25, 0.3) is 5.97 Å². The third-order valence-electron chi connectivity index (χ3n) is 3.85. The van der Waals surface area contributed by atoms with Gasteiger partial charge >= 0.3 is 0 Å². The Morgan fingerprint density at radius 3 is 1.82 bits per heavy atom. The van der Waals surface area contributed by atoms with E-state index in [4.69, 9.17) is 15.3 Å². The number of unbranched alkanes of at least 4 members (excludes halogenated alkanes) is 9. The quantitative estimate of drug-likeness (QED) is 0.222. The summed E-state index contributed by atoms with van der Waals surface area (Å²) in [7, 11) is 0. The lowest BCUT2D eigenvalue weighted by molar-refractivity contribution is -0.306. The molecule has 0 aromatic carbocycles. The molecule has 1 unspecified atom stereocenters. The molecule has 0 aliphatic heterocycles. The van der Waals surface area contributed by atoms with E-state index in [1.54, 1.807) is 0 Å². The summed E-state index contributed by atoms with van der Waals surface area (Å²) >= 11 is 0. The number of aliphatic hydroxyl groups is 3. The molecule has 22 heavy (non-hydrogen) atoms. The number of hydrogen-bond donors (Lipinski definition) is 5. The molecular formula is C17H38N2O3. The zero-order valence-electron chi connectivity index (χ0n) is 14.6. The van der Waals surface area contributed by atoms with Crippen molar-refractivity contribution >= 4 is 0 Å². The van der Waals surface area contributed by atoms with Crippen LogP contribution in [-0.4, -0.2) is 47.0 Å². The Labute approximate surface area is 136 Å². The minimum Gasteiger partial charge on any atom is -0.343 e. The van der Waals surface area contributed by atoms with Crippen LogP contribution in [0, 0.1) is 0 Å². The largest absolute Gasteiger partial charge is 0.343 e. The van der Waals surface area contributed by atoms with Crippen molar-refractivity contribution in [3.8, 4) is 0 Å². The van der Waals surface area contributed by atoms with Gasteiger partial charge in [0, 0.05) is 12.6 Å². The van der Waals surface area contributed by atoms with Crippen LogP contribution in [0.25, 0.3) is 0 Å². The zero-order valence-corrected chi connectivity index (χ0v) is 14.6. The second-order valence-corrected chi connectivity index (χ2v) is 6.44. The van der Waals surface area contributed by atoms with Gasteiger partial charge in [0.2, 0.25) is 0 Å². The van der Waals surface area contributed by atoms with Crippen molar-refractivity contribution in [3.63, 3.8) is 0 Å². The lowest BCUT2D eigenvalue weighted by Crippen LogP contribution is -2.46. The molecule has 0 aromatic heterocycles. The first-order valence-electron chi connectivity index (χ1n) is 9.07. The molecule has 1 atom stereocenters. The highest BCUT2D eigenvalue weighted by molar-refractivity contribution is 4.66. The fourth-order valence-electron chi connectivity index (χ4n) is 2.44. The first-order chi connectivity index (χ1) is 10.5. The summed E-state index contributed by atoms with van der Waals surface area (Å²) in [6, 6.07) is 0.0916. The molecule has 0 saturated carbocycles. The molecule has 0 rings (SSSR count). The molecule has 134 valence electrons. The van der Waals surface area contributed by atoms with Gasteiger partial charge in [-0.15, -0.1) is 0 Å². The van der Waals surface area contributed by atoms with E-state index in [-0.39, 0.29) is 12.6 Å². The molecule has 0 aromatic rings. The maximum atomic E-state index is 8.77. The summed E-state index contributed by atoms with van der Waals surface area (Å²) in [6.07, 6.45) is 13.4. The van der Waals surface area contributed by atoms with E-state index >= 15 is 0 Å². The topological polar surface area (TPSA) is 84.8 Å². The summed E-state index contributed by atoms with van der Waals surface area (Å²) in [5.74, 6) is -2.62. The Hall–Kier alpha value is -0.200. The highest BCUT2D eigenvalue weighted by Gasteiger charge is 2.18. The maximum Gasteiger partial charge on any atom is 0.288 e. The molecule has 0 radical (unpaired) electrons. The average Bonchev–Trinajstić information content (AvgIpc) is 2.45. The third-order valence-corrected chi connectivity index (χ3v) is 3.85. The van der Waals surface area contributed by atoms with Crippen molar-refractivity contribution in [1.82, 2.24) is 10.6 Å². The van der Waals surface area contributed by atoms with E-state index in [9.17, 15) is 0 Å². The van der Waals surface area contributed by atoms with Gasteiger partial charge < -0.3 is 26.0 Å². The van der Waals surface area contributed by atoms with Crippen molar-refractivity contribution in [2.24, 2.45) is 0 Å². The van der Waals surface area contributed by atoms with E-state index in [2.05, 4.69) is 17.6 Å². The van der Waals surface area contributed by atoms with Gasteiger partial charge in [-0.25, -0.2) is 0 Å². The number of hydrogen-bond acceptors (Lipinski definition) is 5. The summed E-state index contributed by atoms with van der Waals surface area (Å²) in [6.45, 7) is 5.70. The molecule has 0 bridgehead atoms. The maximum absolute atomic E-state index is 8.77. The lowest BCUT2D eigenvalue weighted by atomic mass is 10.1. The van der Waals surface area contributed by atoms with E-state index in [1.165, 1.54) is 64.2 Å². The molecule has 0 heterocycles. The zero-order chi connectivity index (χ0) is 16.7. The average molecular weight is 319 g/mol. The van der Waals surface area contributed by atoms with Crippen LogP contribution in [0.5, 0.6) is 0 Å². The Kier molecular flexibility index (Phi) is 14.3. The molecule has 0 aliphatic rings. The van der Waals surface area contributed by atoms with E-state index in [1.807, 2.05) is 6.92 Å². The van der Waals surface area contributed by atoms with Gasteiger partial charge in [-0.1, -0.05) is 64.7 Å². The first kappa shape index (κ1) is 21.8. The van der Waals surface area contributed by atoms with Gasteiger partial charge in [-0.05, 0) is 19.9 Å². The molecule has 5 nitrogen and oxygen atoms in total. The van der Waals surface area contributed by atoms with E-state index < -0.39 is 5.97 Å². The van der Waals surface area contributed by atoms with Gasteiger partial charge in [0.15, 0.2) is 0 Å². The van der Waals surface area contributed by atoms with E-state index in [0.29, 0.717) is 0 Å².